The molecule has 2 heterocycles. The van der Waals surface area contributed by atoms with Crippen LogP contribution in [0.2, 0.25) is 0 Å². The second-order valence-corrected chi connectivity index (χ2v) is 6.43. The number of para-hydroxylation sites is 1. The van der Waals surface area contributed by atoms with Crippen molar-refractivity contribution in [3.63, 3.8) is 0 Å². The van der Waals surface area contributed by atoms with Gasteiger partial charge in [0, 0.05) is 18.5 Å². The van der Waals surface area contributed by atoms with E-state index in [0.29, 0.717) is 30.3 Å². The van der Waals surface area contributed by atoms with Gasteiger partial charge in [0.05, 0.1) is 12.7 Å². The molecule has 0 saturated heterocycles. The molecular formula is C20H22N4O4. The molecule has 0 fully saturated rings. The molecule has 2 aromatic heterocycles. The van der Waals surface area contributed by atoms with Crippen LogP contribution in [0.3, 0.4) is 0 Å². The summed E-state index contributed by atoms with van der Waals surface area (Å²) >= 11 is 0. The van der Waals surface area contributed by atoms with Gasteiger partial charge in [-0.25, -0.2) is 0 Å². The van der Waals surface area contributed by atoms with Gasteiger partial charge in [-0.15, -0.1) is 0 Å². The van der Waals surface area contributed by atoms with Crippen molar-refractivity contribution in [1.82, 2.24) is 15.1 Å². The van der Waals surface area contributed by atoms with Crippen molar-refractivity contribution < 1.29 is 14.1 Å². The lowest BCUT2D eigenvalue weighted by Gasteiger charge is -2.06. The van der Waals surface area contributed by atoms with Crippen LogP contribution in [0, 0.1) is 13.8 Å². The number of ether oxygens (including phenoxy) is 1. The maximum absolute atomic E-state index is 12.1. The van der Waals surface area contributed by atoms with Gasteiger partial charge in [0.25, 0.3) is 5.56 Å². The molecule has 0 atom stereocenters. The minimum atomic E-state index is -0.310. The Morgan fingerprint density at radius 1 is 1.29 bits per heavy atom. The van der Waals surface area contributed by atoms with Crippen LogP contribution in [0.5, 0.6) is 5.75 Å². The Kier molecular flexibility index (Phi) is 5.88. The zero-order valence-electron chi connectivity index (χ0n) is 16.0. The van der Waals surface area contributed by atoms with E-state index in [9.17, 15) is 9.59 Å². The molecule has 3 aromatic rings. The second kappa shape index (κ2) is 8.51. The van der Waals surface area contributed by atoms with Gasteiger partial charge in [0.2, 0.25) is 17.6 Å². The average Bonchev–Trinajstić information content (AvgIpc) is 3.14. The zero-order valence-corrected chi connectivity index (χ0v) is 16.0. The maximum Gasteiger partial charge on any atom is 0.271 e. The lowest BCUT2D eigenvalue weighted by atomic mass is 10.2. The number of benzene rings is 1. The molecule has 0 radical (unpaired) electrons. The number of amides is 1. The molecule has 1 amide bonds. The topological polar surface area (TPSA) is 110 Å². The number of hydrogen-bond acceptors (Lipinski definition) is 6. The molecule has 2 N–H and O–H groups in total. The van der Waals surface area contributed by atoms with E-state index in [1.54, 1.807) is 13.2 Å². The van der Waals surface area contributed by atoms with Crippen molar-refractivity contribution in [3.05, 3.63) is 57.8 Å². The molecule has 0 saturated carbocycles. The Bertz CT molecular complexity index is 1040. The normalized spacial score (nSPS) is 10.7. The number of H-pyrrole nitrogens is 1. The third-order valence-electron chi connectivity index (χ3n) is 4.38. The van der Waals surface area contributed by atoms with Crippen LogP contribution in [0.25, 0.3) is 11.4 Å². The highest BCUT2D eigenvalue weighted by Gasteiger charge is 2.13. The molecular weight excluding hydrogens is 360 g/mol. The number of aromatic amines is 1. The lowest BCUT2D eigenvalue weighted by Crippen LogP contribution is -2.20. The van der Waals surface area contributed by atoms with E-state index >= 15 is 0 Å². The largest absolute Gasteiger partial charge is 0.496 e. The highest BCUT2D eigenvalue weighted by Crippen LogP contribution is 2.27. The number of methoxy groups -OCH3 is 1. The van der Waals surface area contributed by atoms with Crippen LogP contribution in [-0.2, 0) is 11.2 Å². The summed E-state index contributed by atoms with van der Waals surface area (Å²) in [5, 5.41) is 6.62. The first kappa shape index (κ1) is 19.3. The fourth-order valence-corrected chi connectivity index (χ4v) is 2.73. The van der Waals surface area contributed by atoms with Gasteiger partial charge in [0.1, 0.15) is 11.4 Å². The Hall–Kier alpha value is -3.42. The summed E-state index contributed by atoms with van der Waals surface area (Å²) in [5.74, 6) is 1.31. The summed E-state index contributed by atoms with van der Waals surface area (Å²) in [4.78, 5) is 31.1. The van der Waals surface area contributed by atoms with E-state index in [4.69, 9.17) is 9.26 Å². The summed E-state index contributed by atoms with van der Waals surface area (Å²) in [6.45, 7) is 3.68. The van der Waals surface area contributed by atoms with E-state index in [2.05, 4.69) is 20.4 Å². The second-order valence-electron chi connectivity index (χ2n) is 6.43. The molecule has 28 heavy (non-hydrogen) atoms. The van der Waals surface area contributed by atoms with Crippen LogP contribution in [0.15, 0.2) is 39.6 Å². The van der Waals surface area contributed by atoms with E-state index in [-0.39, 0.29) is 23.6 Å². The molecule has 8 heteroatoms. The Morgan fingerprint density at radius 3 is 2.86 bits per heavy atom. The smallest absolute Gasteiger partial charge is 0.271 e. The standard InChI is InChI=1S/C20H22N4O4/c1-12-11-15(20(26)21-13(12)2)22-17(25)9-6-10-18-23-19(24-28-18)14-7-4-5-8-16(14)27-3/h4-5,7-8,11H,6,9-10H2,1-3H3,(H,21,26)(H,22,25). The van der Waals surface area contributed by atoms with Crippen molar-refractivity contribution >= 4 is 11.6 Å². The highest BCUT2D eigenvalue weighted by molar-refractivity contribution is 5.90. The van der Waals surface area contributed by atoms with Crippen LogP contribution >= 0.6 is 0 Å². The third kappa shape index (κ3) is 4.46. The van der Waals surface area contributed by atoms with Crippen molar-refractivity contribution in [2.75, 3.05) is 12.4 Å². The fourth-order valence-electron chi connectivity index (χ4n) is 2.73. The summed E-state index contributed by atoms with van der Waals surface area (Å²) in [6, 6.07) is 9.07. The molecule has 0 spiro atoms. The van der Waals surface area contributed by atoms with Crippen molar-refractivity contribution in [1.29, 1.82) is 0 Å². The van der Waals surface area contributed by atoms with Gasteiger partial charge in [-0.05, 0) is 44.0 Å². The number of carbonyl (C=O) groups excluding carboxylic acids is 1. The van der Waals surface area contributed by atoms with Crippen molar-refractivity contribution in [2.24, 2.45) is 0 Å². The Morgan fingerprint density at radius 2 is 2.07 bits per heavy atom. The van der Waals surface area contributed by atoms with Crippen molar-refractivity contribution in [3.8, 4) is 17.1 Å². The first-order chi connectivity index (χ1) is 13.5. The SMILES string of the molecule is COc1ccccc1-c1noc(CCCC(=O)Nc2cc(C)c(C)[nH]c2=O)n1. The first-order valence-electron chi connectivity index (χ1n) is 8.94. The minimum Gasteiger partial charge on any atom is -0.496 e. The first-order valence-corrected chi connectivity index (χ1v) is 8.94. The Balaban J connectivity index is 1.56. The van der Waals surface area contributed by atoms with Crippen LogP contribution < -0.4 is 15.6 Å². The average molecular weight is 382 g/mol. The number of aromatic nitrogens is 3. The van der Waals surface area contributed by atoms with Crippen LogP contribution in [0.1, 0.15) is 30.0 Å². The lowest BCUT2D eigenvalue weighted by molar-refractivity contribution is -0.116. The Labute approximate surface area is 161 Å². The fraction of sp³-hybridized carbons (Fsp3) is 0.300. The van der Waals surface area contributed by atoms with Crippen LogP contribution in [-0.4, -0.2) is 28.1 Å². The molecule has 3 rings (SSSR count). The molecule has 0 bridgehead atoms. The number of pyridine rings is 1. The number of nitrogens with one attached hydrogen (secondary N) is 2. The summed E-state index contributed by atoms with van der Waals surface area (Å²) in [6.07, 6.45) is 1.21. The molecule has 146 valence electrons. The van der Waals surface area contributed by atoms with Crippen molar-refractivity contribution in [2.45, 2.75) is 33.1 Å². The molecule has 1 aromatic carbocycles. The zero-order chi connectivity index (χ0) is 20.1. The quantitative estimate of drug-likeness (QED) is 0.650. The minimum absolute atomic E-state index is 0.235. The maximum atomic E-state index is 12.1. The predicted molar refractivity (Wildman–Crippen MR) is 104 cm³/mol. The number of aryl methyl sites for hydroxylation is 3. The van der Waals surface area contributed by atoms with E-state index < -0.39 is 0 Å². The molecule has 0 aliphatic heterocycles. The van der Waals surface area contributed by atoms with Gasteiger partial charge in [0.15, 0.2) is 0 Å². The van der Waals surface area contributed by atoms with E-state index in [1.165, 1.54) is 0 Å². The molecule has 0 aliphatic rings. The van der Waals surface area contributed by atoms with Gasteiger partial charge < -0.3 is 19.6 Å². The van der Waals surface area contributed by atoms with E-state index in [1.807, 2.05) is 38.1 Å². The monoisotopic (exact) mass is 382 g/mol. The number of hydrogen-bond donors (Lipinski definition) is 2. The molecule has 0 unspecified atom stereocenters. The van der Waals surface area contributed by atoms with Gasteiger partial charge in [-0.3, -0.25) is 9.59 Å². The highest BCUT2D eigenvalue weighted by atomic mass is 16.5. The number of carbonyl (C=O) groups is 1. The summed E-state index contributed by atoms with van der Waals surface area (Å²) < 4.78 is 10.6. The molecule has 0 aliphatic carbocycles. The predicted octanol–water partition coefficient (Wildman–Crippen LogP) is 3.01. The van der Waals surface area contributed by atoms with E-state index in [0.717, 1.165) is 16.8 Å². The van der Waals surface area contributed by atoms with Gasteiger partial charge >= 0.3 is 0 Å². The van der Waals surface area contributed by atoms with Gasteiger partial charge in [-0.2, -0.15) is 4.98 Å². The van der Waals surface area contributed by atoms with Gasteiger partial charge in [-0.1, -0.05) is 17.3 Å². The third-order valence-corrected chi connectivity index (χ3v) is 4.38. The number of anilines is 1. The van der Waals surface area contributed by atoms with Crippen LogP contribution in [0.4, 0.5) is 5.69 Å². The summed E-state index contributed by atoms with van der Waals surface area (Å²) in [7, 11) is 1.58. The molecule has 8 nitrogen and oxygen atoms in total. The number of nitrogens with zero attached hydrogens (tertiary/aromatic N) is 2. The summed E-state index contributed by atoms with van der Waals surface area (Å²) in [5.41, 5.74) is 2.38. The number of rotatable bonds is 7.